The maximum absolute atomic E-state index is 14.0. The fourth-order valence-electron chi connectivity index (χ4n) is 5.03. The molecule has 0 saturated carbocycles. The van der Waals surface area contributed by atoms with Crippen molar-refractivity contribution in [2.45, 2.75) is 51.5 Å². The molecule has 1 aromatic heterocycles. The Hall–Kier alpha value is -3.60. The standard InChI is InChI=1S/C34H34F2N2O5.Na/c1-21(2)38-29(17-16-27(39)18-28(40)19-30(41)42)31(24-10-14-26(36)15-11-24)32(23-6-4-3-5-7-23)33(38)34(43)37-20-22-8-12-25(35)13-9-22;/h3-17,21,27-28,39-40H,18-20H2,1-2H3,(H,37,43)(H,41,42);/q;+1/p-1/b17-16+;/t27-,28-;/m1./s1. The van der Waals surface area contributed by atoms with Crippen LogP contribution >= 0.6 is 0 Å². The van der Waals surface area contributed by atoms with Gasteiger partial charge in [-0.3, -0.25) is 4.79 Å². The van der Waals surface area contributed by atoms with E-state index in [9.17, 15) is 33.7 Å². The van der Waals surface area contributed by atoms with Gasteiger partial charge in [0.2, 0.25) is 0 Å². The Labute approximate surface area is 277 Å². The zero-order chi connectivity index (χ0) is 31.1. The first-order chi connectivity index (χ1) is 20.5. The molecule has 4 aromatic rings. The van der Waals surface area contributed by atoms with Crippen molar-refractivity contribution in [2.24, 2.45) is 0 Å². The number of nitrogens with zero attached hydrogens (tertiary/aromatic N) is 1. The van der Waals surface area contributed by atoms with Gasteiger partial charge in [-0.2, -0.15) is 0 Å². The number of hydrogen-bond acceptors (Lipinski definition) is 5. The van der Waals surface area contributed by atoms with Crippen LogP contribution in [-0.2, 0) is 11.3 Å². The van der Waals surface area contributed by atoms with Gasteiger partial charge in [-0.1, -0.05) is 60.7 Å². The molecular formula is C34H33F2N2NaO5. The second-order valence-corrected chi connectivity index (χ2v) is 10.5. The minimum absolute atomic E-state index is 0. The van der Waals surface area contributed by atoms with Gasteiger partial charge in [-0.15, -0.1) is 0 Å². The Kier molecular flexibility index (Phi) is 12.6. The molecule has 0 aliphatic rings. The monoisotopic (exact) mass is 610 g/mol. The van der Waals surface area contributed by atoms with Crippen molar-refractivity contribution in [3.05, 3.63) is 114 Å². The zero-order valence-electron chi connectivity index (χ0n) is 24.8. The van der Waals surface area contributed by atoms with Crippen LogP contribution in [0.3, 0.4) is 0 Å². The third-order valence-corrected chi connectivity index (χ3v) is 6.93. The van der Waals surface area contributed by atoms with Crippen molar-refractivity contribution in [1.29, 1.82) is 0 Å². The van der Waals surface area contributed by atoms with E-state index in [1.807, 2.05) is 48.7 Å². The predicted molar refractivity (Wildman–Crippen MR) is 159 cm³/mol. The number of rotatable bonds is 12. The summed E-state index contributed by atoms with van der Waals surface area (Å²) in [4.78, 5) is 24.9. The molecule has 44 heavy (non-hydrogen) atoms. The van der Waals surface area contributed by atoms with Gasteiger partial charge < -0.3 is 30.0 Å². The number of nitrogens with one attached hydrogen (secondary N) is 1. The molecule has 0 radical (unpaired) electrons. The largest absolute Gasteiger partial charge is 1.00 e. The number of carboxylic acids is 1. The summed E-state index contributed by atoms with van der Waals surface area (Å²) < 4.78 is 29.3. The number of aliphatic hydroxyl groups is 2. The Morgan fingerprint density at radius 3 is 2.02 bits per heavy atom. The van der Waals surface area contributed by atoms with Crippen molar-refractivity contribution in [1.82, 2.24) is 9.88 Å². The van der Waals surface area contributed by atoms with Gasteiger partial charge in [0.25, 0.3) is 5.91 Å². The first kappa shape index (κ1) is 34.9. The van der Waals surface area contributed by atoms with Gasteiger partial charge in [0, 0.05) is 48.2 Å². The Morgan fingerprint density at radius 2 is 1.45 bits per heavy atom. The molecule has 3 aromatic carbocycles. The molecule has 0 aliphatic heterocycles. The number of carboxylic acid groups (broad SMARTS) is 1. The molecule has 1 heterocycles. The molecule has 1 amide bonds. The molecule has 2 atom stereocenters. The SMILES string of the molecule is CC(C)n1c(/C=C/[C@@H](O)C[C@@H](O)CC(=O)[O-])c(-c2ccc(F)cc2)c(-c2ccccc2)c1C(=O)NCc1ccc(F)cc1.[Na+]. The molecule has 224 valence electrons. The molecule has 3 N–H and O–H groups in total. The normalized spacial score (nSPS) is 12.6. The van der Waals surface area contributed by atoms with Crippen molar-refractivity contribution in [3.63, 3.8) is 0 Å². The molecule has 0 fully saturated rings. The molecule has 10 heteroatoms. The minimum Gasteiger partial charge on any atom is -0.550 e. The van der Waals surface area contributed by atoms with Crippen LogP contribution in [0.15, 0.2) is 84.9 Å². The molecule has 4 rings (SSSR count). The fraction of sp³-hybridized carbons (Fsp3) is 0.235. The van der Waals surface area contributed by atoms with Crippen LogP contribution in [-0.4, -0.2) is 38.9 Å². The summed E-state index contributed by atoms with van der Waals surface area (Å²) in [6, 6.07) is 20.7. The Bertz CT molecular complexity index is 1590. The van der Waals surface area contributed by atoms with E-state index in [0.29, 0.717) is 33.6 Å². The molecule has 0 saturated heterocycles. The van der Waals surface area contributed by atoms with Gasteiger partial charge in [0.05, 0.1) is 12.2 Å². The number of aliphatic hydroxyl groups excluding tert-OH is 2. The number of aromatic nitrogens is 1. The molecule has 0 spiro atoms. The van der Waals surface area contributed by atoms with Gasteiger partial charge in [0.15, 0.2) is 0 Å². The van der Waals surface area contributed by atoms with E-state index in [0.717, 1.165) is 5.56 Å². The second kappa shape index (κ2) is 15.9. The minimum atomic E-state index is -1.43. The Balaban J connectivity index is 0.00000529. The number of amides is 1. The molecule has 0 unspecified atom stereocenters. The number of halogens is 2. The number of hydrogen-bond donors (Lipinski definition) is 3. The first-order valence-corrected chi connectivity index (χ1v) is 13.9. The van der Waals surface area contributed by atoms with Crippen LogP contribution in [0.25, 0.3) is 28.3 Å². The molecular weight excluding hydrogens is 577 g/mol. The van der Waals surface area contributed by atoms with E-state index in [1.165, 1.54) is 30.3 Å². The van der Waals surface area contributed by atoms with E-state index in [2.05, 4.69) is 5.32 Å². The fourth-order valence-corrected chi connectivity index (χ4v) is 5.03. The van der Waals surface area contributed by atoms with Crippen molar-refractivity contribution in [2.75, 3.05) is 0 Å². The second-order valence-electron chi connectivity index (χ2n) is 10.5. The van der Waals surface area contributed by atoms with Crippen molar-refractivity contribution < 1.29 is 63.2 Å². The summed E-state index contributed by atoms with van der Waals surface area (Å²) in [5.41, 5.74) is 4.13. The smallest absolute Gasteiger partial charge is 0.550 e. The van der Waals surface area contributed by atoms with E-state index < -0.39 is 36.3 Å². The summed E-state index contributed by atoms with van der Waals surface area (Å²) >= 11 is 0. The van der Waals surface area contributed by atoms with E-state index in [1.54, 1.807) is 30.3 Å². The van der Waals surface area contributed by atoms with Crippen LogP contribution < -0.4 is 40.0 Å². The van der Waals surface area contributed by atoms with Crippen LogP contribution in [0.5, 0.6) is 0 Å². The number of carbonyl (C=O) groups excluding carboxylic acids is 2. The van der Waals surface area contributed by atoms with E-state index >= 15 is 0 Å². The average Bonchev–Trinajstić information content (AvgIpc) is 3.31. The average molecular weight is 611 g/mol. The maximum Gasteiger partial charge on any atom is 1.00 e. The number of carbonyl (C=O) groups is 2. The summed E-state index contributed by atoms with van der Waals surface area (Å²) in [5, 5.41) is 34.4. The summed E-state index contributed by atoms with van der Waals surface area (Å²) in [6.07, 6.45) is -0.333. The van der Waals surface area contributed by atoms with Crippen LogP contribution in [0, 0.1) is 11.6 Å². The Morgan fingerprint density at radius 1 is 0.886 bits per heavy atom. The number of aliphatic carboxylic acids is 1. The van der Waals surface area contributed by atoms with Crippen molar-refractivity contribution in [3.8, 4) is 22.3 Å². The maximum atomic E-state index is 14.0. The van der Waals surface area contributed by atoms with Crippen molar-refractivity contribution >= 4 is 18.0 Å². The quantitative estimate of drug-likeness (QED) is 0.212. The summed E-state index contributed by atoms with van der Waals surface area (Å²) in [6.45, 7) is 3.94. The molecule has 0 aliphatic carbocycles. The van der Waals surface area contributed by atoms with Gasteiger partial charge in [0.1, 0.15) is 17.3 Å². The number of benzene rings is 3. The first-order valence-electron chi connectivity index (χ1n) is 13.9. The molecule has 7 nitrogen and oxygen atoms in total. The summed E-state index contributed by atoms with van der Waals surface area (Å²) in [5.74, 6) is -2.64. The van der Waals surface area contributed by atoms with Gasteiger partial charge in [-0.05, 0) is 60.9 Å². The third kappa shape index (κ3) is 8.74. The van der Waals surface area contributed by atoms with Crippen LogP contribution in [0.4, 0.5) is 8.78 Å². The van der Waals surface area contributed by atoms with Gasteiger partial charge >= 0.3 is 29.6 Å². The zero-order valence-corrected chi connectivity index (χ0v) is 26.8. The summed E-state index contributed by atoms with van der Waals surface area (Å²) in [7, 11) is 0. The predicted octanol–water partition coefficient (Wildman–Crippen LogP) is 1.88. The van der Waals surface area contributed by atoms with E-state index in [-0.39, 0.29) is 54.4 Å². The van der Waals surface area contributed by atoms with E-state index in [4.69, 9.17) is 0 Å². The molecule has 0 bridgehead atoms. The van der Waals surface area contributed by atoms with Gasteiger partial charge in [-0.25, -0.2) is 8.78 Å². The van der Waals surface area contributed by atoms with Crippen LogP contribution in [0.1, 0.15) is 54.5 Å². The third-order valence-electron chi connectivity index (χ3n) is 6.93. The van der Waals surface area contributed by atoms with Crippen LogP contribution in [0.2, 0.25) is 0 Å². The topological polar surface area (TPSA) is 115 Å².